The summed E-state index contributed by atoms with van der Waals surface area (Å²) in [6.07, 6.45) is 2.08. The van der Waals surface area contributed by atoms with Crippen molar-refractivity contribution in [1.82, 2.24) is 0 Å². The largest absolute Gasteiger partial charge is 0.462 e. The molecular formula is C14H20N2O3. The number of anilines is 2. The van der Waals surface area contributed by atoms with E-state index in [1.54, 1.807) is 25.1 Å². The lowest BCUT2D eigenvalue weighted by Crippen LogP contribution is -2.30. The average Bonchev–Trinajstić information content (AvgIpc) is 2.42. The number of nitrogen functional groups attached to an aromatic ring is 1. The van der Waals surface area contributed by atoms with Crippen molar-refractivity contribution in [3.05, 3.63) is 23.8 Å². The predicted molar refractivity (Wildman–Crippen MR) is 74.3 cm³/mol. The summed E-state index contributed by atoms with van der Waals surface area (Å²) in [7, 11) is 0. The van der Waals surface area contributed by atoms with E-state index in [0.29, 0.717) is 24.5 Å². The van der Waals surface area contributed by atoms with Gasteiger partial charge in [-0.3, -0.25) is 0 Å². The van der Waals surface area contributed by atoms with E-state index in [4.69, 9.17) is 15.2 Å². The van der Waals surface area contributed by atoms with Gasteiger partial charge in [0.1, 0.15) is 0 Å². The number of hydrogen-bond acceptors (Lipinski definition) is 5. The first-order chi connectivity index (χ1) is 9.20. The van der Waals surface area contributed by atoms with Crippen molar-refractivity contribution >= 4 is 17.3 Å². The van der Waals surface area contributed by atoms with E-state index in [1.807, 2.05) is 0 Å². The summed E-state index contributed by atoms with van der Waals surface area (Å²) in [5.41, 5.74) is 7.82. The van der Waals surface area contributed by atoms with Crippen molar-refractivity contribution in [2.75, 3.05) is 30.9 Å². The number of carbonyl (C=O) groups excluding carboxylic acids is 1. The molecule has 104 valence electrons. The van der Waals surface area contributed by atoms with E-state index in [-0.39, 0.29) is 12.0 Å². The van der Waals surface area contributed by atoms with Crippen molar-refractivity contribution in [2.45, 2.75) is 25.8 Å². The molecule has 2 rings (SSSR count). The molecule has 1 saturated heterocycles. The van der Waals surface area contributed by atoms with Gasteiger partial charge in [0.2, 0.25) is 0 Å². The first kappa shape index (κ1) is 13.7. The van der Waals surface area contributed by atoms with E-state index in [1.165, 1.54) is 0 Å². The molecule has 1 fully saturated rings. The number of rotatable bonds is 4. The zero-order chi connectivity index (χ0) is 13.7. The maximum atomic E-state index is 11.7. The van der Waals surface area contributed by atoms with Crippen LogP contribution >= 0.6 is 0 Å². The van der Waals surface area contributed by atoms with Crippen LogP contribution in [0.3, 0.4) is 0 Å². The Bertz CT molecular complexity index is 442. The lowest BCUT2D eigenvalue weighted by Gasteiger charge is -2.25. The molecule has 0 aromatic heterocycles. The number of esters is 1. The summed E-state index contributed by atoms with van der Waals surface area (Å²) in [6.45, 7) is 3.63. The van der Waals surface area contributed by atoms with Crippen molar-refractivity contribution < 1.29 is 14.3 Å². The smallest absolute Gasteiger partial charge is 0.338 e. The van der Waals surface area contributed by atoms with Gasteiger partial charge in [0.05, 0.1) is 30.2 Å². The van der Waals surface area contributed by atoms with Crippen molar-refractivity contribution in [3.63, 3.8) is 0 Å². The zero-order valence-corrected chi connectivity index (χ0v) is 11.1. The predicted octanol–water partition coefficient (Wildman–Crippen LogP) is 2.04. The van der Waals surface area contributed by atoms with Gasteiger partial charge in [-0.1, -0.05) is 0 Å². The second kappa shape index (κ2) is 6.43. The Hall–Kier alpha value is -1.75. The molecule has 19 heavy (non-hydrogen) atoms. The Morgan fingerprint density at radius 3 is 3.11 bits per heavy atom. The third-order valence-electron chi connectivity index (χ3n) is 3.08. The normalized spacial score (nSPS) is 18.9. The molecule has 1 aliphatic heterocycles. The molecule has 1 aromatic rings. The second-order valence-electron chi connectivity index (χ2n) is 4.58. The lowest BCUT2D eigenvalue weighted by atomic mass is 10.1. The zero-order valence-electron chi connectivity index (χ0n) is 11.1. The van der Waals surface area contributed by atoms with Crippen LogP contribution in [0.2, 0.25) is 0 Å². The molecule has 0 bridgehead atoms. The fourth-order valence-electron chi connectivity index (χ4n) is 2.10. The first-order valence-corrected chi connectivity index (χ1v) is 6.61. The SMILES string of the molecule is CCOC(=O)c1ccc(N)c(NC2CCCOC2)c1. The molecule has 1 heterocycles. The quantitative estimate of drug-likeness (QED) is 0.643. The van der Waals surface area contributed by atoms with Crippen LogP contribution in [0.15, 0.2) is 18.2 Å². The molecular weight excluding hydrogens is 244 g/mol. The highest BCUT2D eigenvalue weighted by Crippen LogP contribution is 2.23. The third kappa shape index (κ3) is 3.61. The molecule has 1 unspecified atom stereocenters. The van der Waals surface area contributed by atoms with E-state index in [2.05, 4.69) is 5.32 Å². The number of nitrogens with two attached hydrogens (primary N) is 1. The Morgan fingerprint density at radius 1 is 1.58 bits per heavy atom. The van der Waals surface area contributed by atoms with Gasteiger partial charge in [-0.15, -0.1) is 0 Å². The van der Waals surface area contributed by atoms with Crippen LogP contribution in [0.1, 0.15) is 30.1 Å². The highest BCUT2D eigenvalue weighted by atomic mass is 16.5. The molecule has 0 aliphatic carbocycles. The van der Waals surface area contributed by atoms with Gasteiger partial charge >= 0.3 is 5.97 Å². The maximum absolute atomic E-state index is 11.7. The lowest BCUT2D eigenvalue weighted by molar-refractivity contribution is 0.0526. The Morgan fingerprint density at radius 2 is 2.42 bits per heavy atom. The molecule has 0 spiro atoms. The maximum Gasteiger partial charge on any atom is 0.338 e. The van der Waals surface area contributed by atoms with E-state index >= 15 is 0 Å². The molecule has 3 N–H and O–H groups in total. The fraction of sp³-hybridized carbons (Fsp3) is 0.500. The Balaban J connectivity index is 2.10. The van der Waals surface area contributed by atoms with Crippen molar-refractivity contribution in [1.29, 1.82) is 0 Å². The summed E-state index contributed by atoms with van der Waals surface area (Å²) in [4.78, 5) is 11.7. The molecule has 5 heteroatoms. The third-order valence-corrected chi connectivity index (χ3v) is 3.08. The number of ether oxygens (including phenoxy) is 2. The summed E-state index contributed by atoms with van der Waals surface area (Å²) in [6, 6.07) is 5.38. The van der Waals surface area contributed by atoms with Crippen LogP contribution in [0.25, 0.3) is 0 Å². The van der Waals surface area contributed by atoms with E-state index in [0.717, 1.165) is 25.1 Å². The molecule has 0 radical (unpaired) electrons. The van der Waals surface area contributed by atoms with E-state index < -0.39 is 0 Å². The second-order valence-corrected chi connectivity index (χ2v) is 4.58. The van der Waals surface area contributed by atoms with Gasteiger partial charge in [-0.2, -0.15) is 0 Å². The standard InChI is InChI=1S/C14H20N2O3/c1-2-19-14(17)10-5-6-12(15)13(8-10)16-11-4-3-7-18-9-11/h5-6,8,11,16H,2-4,7,9,15H2,1H3. The van der Waals surface area contributed by atoms with Crippen LogP contribution in [-0.2, 0) is 9.47 Å². The van der Waals surface area contributed by atoms with Crippen LogP contribution < -0.4 is 11.1 Å². The highest BCUT2D eigenvalue weighted by molar-refractivity contribution is 5.92. The molecule has 0 amide bonds. The molecule has 1 aliphatic rings. The summed E-state index contributed by atoms with van der Waals surface area (Å²) in [5, 5.41) is 3.33. The Labute approximate surface area is 113 Å². The van der Waals surface area contributed by atoms with Crippen molar-refractivity contribution in [2.24, 2.45) is 0 Å². The molecule has 1 atom stereocenters. The van der Waals surface area contributed by atoms with Crippen LogP contribution in [0.4, 0.5) is 11.4 Å². The van der Waals surface area contributed by atoms with Gasteiger partial charge < -0.3 is 20.5 Å². The van der Waals surface area contributed by atoms with Crippen molar-refractivity contribution in [3.8, 4) is 0 Å². The van der Waals surface area contributed by atoms with E-state index in [9.17, 15) is 4.79 Å². The van der Waals surface area contributed by atoms with Crippen LogP contribution in [-0.4, -0.2) is 31.8 Å². The number of carbonyl (C=O) groups is 1. The fourth-order valence-corrected chi connectivity index (χ4v) is 2.10. The molecule has 1 aromatic carbocycles. The minimum Gasteiger partial charge on any atom is -0.462 e. The number of hydrogen-bond donors (Lipinski definition) is 2. The van der Waals surface area contributed by atoms with Crippen LogP contribution in [0, 0.1) is 0 Å². The first-order valence-electron chi connectivity index (χ1n) is 6.61. The minimum atomic E-state index is -0.328. The summed E-state index contributed by atoms with van der Waals surface area (Å²) < 4.78 is 10.4. The highest BCUT2D eigenvalue weighted by Gasteiger charge is 2.16. The van der Waals surface area contributed by atoms with Gasteiger partial charge in [0.25, 0.3) is 0 Å². The summed E-state index contributed by atoms with van der Waals surface area (Å²) in [5.74, 6) is -0.328. The Kier molecular flexibility index (Phi) is 4.63. The number of nitrogens with one attached hydrogen (secondary N) is 1. The molecule has 0 saturated carbocycles. The summed E-state index contributed by atoms with van der Waals surface area (Å²) >= 11 is 0. The monoisotopic (exact) mass is 264 g/mol. The van der Waals surface area contributed by atoms with Gasteiger partial charge in [-0.05, 0) is 38.0 Å². The van der Waals surface area contributed by atoms with Crippen LogP contribution in [0.5, 0.6) is 0 Å². The minimum absolute atomic E-state index is 0.244. The molecule has 5 nitrogen and oxygen atoms in total. The van der Waals surface area contributed by atoms with Gasteiger partial charge in [0.15, 0.2) is 0 Å². The average molecular weight is 264 g/mol. The van der Waals surface area contributed by atoms with Gasteiger partial charge in [-0.25, -0.2) is 4.79 Å². The van der Waals surface area contributed by atoms with Gasteiger partial charge in [0, 0.05) is 12.6 Å². The number of benzene rings is 1. The topological polar surface area (TPSA) is 73.6 Å².